The molecule has 0 amide bonds. The zero-order valence-corrected chi connectivity index (χ0v) is 13.6. The van der Waals surface area contributed by atoms with Crippen molar-refractivity contribution >= 4 is 28.3 Å². The van der Waals surface area contributed by atoms with Gasteiger partial charge in [-0.15, -0.1) is 12.4 Å². The van der Waals surface area contributed by atoms with Gasteiger partial charge in [0, 0.05) is 29.7 Å². The van der Waals surface area contributed by atoms with Crippen LogP contribution in [0.3, 0.4) is 0 Å². The summed E-state index contributed by atoms with van der Waals surface area (Å²) >= 11 is 3.46. The van der Waals surface area contributed by atoms with Gasteiger partial charge in [-0.25, -0.2) is 0 Å². The molecule has 106 valence electrons. The molecule has 0 saturated carbocycles. The topological polar surface area (TPSA) is 55.9 Å². The van der Waals surface area contributed by atoms with E-state index in [1.807, 2.05) is 19.3 Å². The minimum atomic E-state index is 0. The van der Waals surface area contributed by atoms with E-state index >= 15 is 0 Å². The van der Waals surface area contributed by atoms with Crippen molar-refractivity contribution in [1.29, 1.82) is 0 Å². The summed E-state index contributed by atoms with van der Waals surface area (Å²) in [5.74, 6) is 1.30. The molecule has 0 bridgehead atoms. The molecule has 0 radical (unpaired) electrons. The van der Waals surface area contributed by atoms with E-state index in [9.17, 15) is 0 Å². The fraction of sp³-hybridized carbons (Fsp3) is 0.500. The molecule has 1 N–H and O–H groups in total. The molecule has 0 aliphatic carbocycles. The Morgan fingerprint density at radius 1 is 1.53 bits per heavy atom. The van der Waals surface area contributed by atoms with Crippen LogP contribution >= 0.6 is 28.3 Å². The first kappa shape index (κ1) is 16.2. The van der Waals surface area contributed by atoms with Gasteiger partial charge < -0.3 is 14.4 Å². The Morgan fingerprint density at radius 2 is 2.26 bits per heavy atom. The maximum atomic E-state index is 5.32. The lowest BCUT2D eigenvalue weighted by Gasteiger charge is -2.04. The third-order valence-corrected chi connectivity index (χ3v) is 3.31. The molecular formula is C12H18BrClN4O. The van der Waals surface area contributed by atoms with Gasteiger partial charge in [-0.2, -0.15) is 4.98 Å². The van der Waals surface area contributed by atoms with Crippen molar-refractivity contribution in [2.24, 2.45) is 0 Å². The molecule has 0 aliphatic rings. The monoisotopic (exact) mass is 348 g/mol. The highest BCUT2D eigenvalue weighted by molar-refractivity contribution is 9.10. The van der Waals surface area contributed by atoms with Crippen molar-refractivity contribution < 1.29 is 4.52 Å². The Kier molecular flexibility index (Phi) is 6.03. The molecule has 1 atom stereocenters. The highest BCUT2D eigenvalue weighted by Crippen LogP contribution is 2.24. The highest BCUT2D eigenvalue weighted by atomic mass is 79.9. The molecule has 0 saturated heterocycles. The Labute approximate surface area is 127 Å². The Bertz CT molecular complexity index is 526. The van der Waals surface area contributed by atoms with E-state index in [0.717, 1.165) is 29.0 Å². The standard InChI is InChI=1S/C12H17BrN4O.ClH/c1-4-17-7-9(13)6-10(17)12-15-11(16-18-12)5-8(2)14-3;/h6-8,14H,4-5H2,1-3H3;1H. The molecule has 2 aromatic heterocycles. The van der Waals surface area contributed by atoms with Gasteiger partial charge >= 0.3 is 0 Å². The number of hydrogen-bond acceptors (Lipinski definition) is 4. The van der Waals surface area contributed by atoms with Gasteiger partial charge in [0.05, 0.1) is 0 Å². The van der Waals surface area contributed by atoms with E-state index in [0.29, 0.717) is 11.9 Å². The van der Waals surface area contributed by atoms with Gasteiger partial charge in [-0.05, 0) is 42.9 Å². The van der Waals surface area contributed by atoms with Crippen LogP contribution in [0.4, 0.5) is 0 Å². The van der Waals surface area contributed by atoms with Gasteiger partial charge in [0.2, 0.25) is 0 Å². The first-order valence-corrected chi connectivity index (χ1v) is 6.79. The highest BCUT2D eigenvalue weighted by Gasteiger charge is 2.14. The van der Waals surface area contributed by atoms with Crippen LogP contribution < -0.4 is 5.32 Å². The molecule has 2 aromatic rings. The normalized spacial score (nSPS) is 12.2. The summed E-state index contributed by atoms with van der Waals surface area (Å²) in [5, 5.41) is 7.17. The molecule has 0 fully saturated rings. The van der Waals surface area contributed by atoms with E-state index in [1.165, 1.54) is 0 Å². The number of aryl methyl sites for hydroxylation is 1. The van der Waals surface area contributed by atoms with Crippen molar-refractivity contribution in [3.63, 3.8) is 0 Å². The van der Waals surface area contributed by atoms with Crippen molar-refractivity contribution in [2.75, 3.05) is 7.05 Å². The summed E-state index contributed by atoms with van der Waals surface area (Å²) in [6.07, 6.45) is 2.77. The van der Waals surface area contributed by atoms with E-state index in [1.54, 1.807) is 0 Å². The number of halogens is 2. The SMILES string of the molecule is CCn1cc(Br)cc1-c1nc(CC(C)NC)no1.Cl. The second kappa shape index (κ2) is 7.07. The first-order valence-electron chi connectivity index (χ1n) is 6.00. The second-order valence-electron chi connectivity index (χ2n) is 4.24. The summed E-state index contributed by atoms with van der Waals surface area (Å²) in [6.45, 7) is 5.03. The number of rotatable bonds is 5. The Morgan fingerprint density at radius 3 is 2.89 bits per heavy atom. The van der Waals surface area contributed by atoms with E-state index in [2.05, 4.69) is 49.8 Å². The molecule has 19 heavy (non-hydrogen) atoms. The molecular weight excluding hydrogens is 332 g/mol. The minimum Gasteiger partial charge on any atom is -0.343 e. The maximum absolute atomic E-state index is 5.32. The minimum absolute atomic E-state index is 0. The fourth-order valence-electron chi connectivity index (χ4n) is 1.73. The van der Waals surface area contributed by atoms with Gasteiger partial charge in [-0.3, -0.25) is 0 Å². The number of likely N-dealkylation sites (N-methyl/N-ethyl adjacent to an activating group) is 1. The second-order valence-corrected chi connectivity index (χ2v) is 5.15. The van der Waals surface area contributed by atoms with Crippen molar-refractivity contribution in [3.8, 4) is 11.6 Å². The summed E-state index contributed by atoms with van der Waals surface area (Å²) in [7, 11) is 1.92. The number of nitrogens with one attached hydrogen (secondary N) is 1. The van der Waals surface area contributed by atoms with Crippen LogP contribution in [-0.4, -0.2) is 27.8 Å². The molecule has 0 aliphatic heterocycles. The maximum Gasteiger partial charge on any atom is 0.274 e. The first-order chi connectivity index (χ1) is 8.63. The van der Waals surface area contributed by atoms with Crippen LogP contribution in [0.1, 0.15) is 19.7 Å². The summed E-state index contributed by atoms with van der Waals surface area (Å²) in [5.41, 5.74) is 0.945. The van der Waals surface area contributed by atoms with E-state index < -0.39 is 0 Å². The number of hydrogen-bond donors (Lipinski definition) is 1. The van der Waals surface area contributed by atoms with Gasteiger partial charge in [0.15, 0.2) is 5.82 Å². The zero-order valence-electron chi connectivity index (χ0n) is 11.2. The summed E-state index contributed by atoms with van der Waals surface area (Å²) in [6, 6.07) is 2.32. The molecule has 5 nitrogen and oxygen atoms in total. The molecule has 0 aromatic carbocycles. The smallest absolute Gasteiger partial charge is 0.274 e. The van der Waals surface area contributed by atoms with Gasteiger partial charge in [0.1, 0.15) is 5.69 Å². The summed E-state index contributed by atoms with van der Waals surface area (Å²) in [4.78, 5) is 4.43. The largest absolute Gasteiger partial charge is 0.343 e. The van der Waals surface area contributed by atoms with Crippen LogP contribution in [0, 0.1) is 0 Å². The lowest BCUT2D eigenvalue weighted by atomic mass is 10.2. The van der Waals surface area contributed by atoms with E-state index in [4.69, 9.17) is 4.52 Å². The molecule has 1 unspecified atom stereocenters. The zero-order chi connectivity index (χ0) is 13.1. The molecule has 0 spiro atoms. The Hall–Kier alpha value is -0.850. The summed E-state index contributed by atoms with van der Waals surface area (Å²) < 4.78 is 8.41. The van der Waals surface area contributed by atoms with Crippen molar-refractivity contribution in [1.82, 2.24) is 20.0 Å². The van der Waals surface area contributed by atoms with Crippen LogP contribution in [0.15, 0.2) is 21.3 Å². The lowest BCUT2D eigenvalue weighted by Crippen LogP contribution is -2.24. The predicted molar refractivity (Wildman–Crippen MR) is 80.6 cm³/mol. The van der Waals surface area contributed by atoms with Crippen LogP contribution in [0.25, 0.3) is 11.6 Å². The Balaban J connectivity index is 0.00000180. The predicted octanol–water partition coefficient (Wildman–Crippen LogP) is 2.89. The molecule has 2 rings (SSSR count). The van der Waals surface area contributed by atoms with E-state index in [-0.39, 0.29) is 12.4 Å². The van der Waals surface area contributed by atoms with Crippen molar-refractivity contribution in [3.05, 3.63) is 22.6 Å². The van der Waals surface area contributed by atoms with Gasteiger partial charge in [-0.1, -0.05) is 5.16 Å². The van der Waals surface area contributed by atoms with Crippen LogP contribution in [0.2, 0.25) is 0 Å². The molecule has 7 heteroatoms. The van der Waals surface area contributed by atoms with Crippen LogP contribution in [-0.2, 0) is 13.0 Å². The third kappa shape index (κ3) is 3.81. The average molecular weight is 350 g/mol. The quantitative estimate of drug-likeness (QED) is 0.902. The van der Waals surface area contributed by atoms with Crippen molar-refractivity contribution in [2.45, 2.75) is 32.9 Å². The fourth-order valence-corrected chi connectivity index (χ4v) is 2.20. The third-order valence-electron chi connectivity index (χ3n) is 2.87. The molecule has 2 heterocycles. The lowest BCUT2D eigenvalue weighted by molar-refractivity contribution is 0.415. The number of nitrogens with zero attached hydrogens (tertiary/aromatic N) is 3. The van der Waals surface area contributed by atoms with Gasteiger partial charge in [0.25, 0.3) is 5.89 Å². The number of aromatic nitrogens is 3. The average Bonchev–Trinajstić information content (AvgIpc) is 2.95. The van der Waals surface area contributed by atoms with Crippen LogP contribution in [0.5, 0.6) is 0 Å².